The van der Waals surface area contributed by atoms with Crippen molar-refractivity contribution in [2.75, 3.05) is 41.4 Å². The van der Waals surface area contributed by atoms with Gasteiger partial charge < -0.3 is 48.4 Å². The van der Waals surface area contributed by atoms with Crippen LogP contribution in [0.5, 0.6) is 23.0 Å². The number of methoxy groups -OCH3 is 2. The molecule has 2 spiro atoms. The van der Waals surface area contributed by atoms with Gasteiger partial charge in [-0.25, -0.2) is 0 Å². The quantitative estimate of drug-likeness (QED) is 0.287. The lowest BCUT2D eigenvalue weighted by atomic mass is 9.50. The summed E-state index contributed by atoms with van der Waals surface area (Å²) in [5.41, 5.74) is 0.592. The van der Waals surface area contributed by atoms with Gasteiger partial charge in [0.1, 0.15) is 11.5 Å². The predicted octanol–water partition coefficient (Wildman–Crippen LogP) is 3.61. The van der Waals surface area contributed by atoms with Crippen molar-refractivity contribution in [1.82, 2.24) is 9.80 Å². The zero-order valence-corrected chi connectivity index (χ0v) is 31.3. The summed E-state index contributed by atoms with van der Waals surface area (Å²) in [7, 11) is 7.34. The summed E-state index contributed by atoms with van der Waals surface area (Å²) in [4.78, 5) is 31.1. The fraction of sp³-hybridized carbons (Fsp3) is 0.571. The van der Waals surface area contributed by atoms with E-state index in [1.54, 1.807) is 14.2 Å². The second kappa shape index (κ2) is 11.7. The smallest absolute Gasteiger partial charge is 0.310 e. The van der Waals surface area contributed by atoms with Gasteiger partial charge in [0.2, 0.25) is 0 Å². The maximum atomic E-state index is 13.3. The number of esters is 2. The van der Waals surface area contributed by atoms with E-state index in [4.69, 9.17) is 28.4 Å². The van der Waals surface area contributed by atoms with Crippen LogP contribution in [0.15, 0.2) is 47.9 Å². The molecule has 10 rings (SSSR count). The lowest BCUT2D eigenvalue weighted by Crippen LogP contribution is -2.74. The summed E-state index contributed by atoms with van der Waals surface area (Å²) < 4.78 is 36.7. The van der Waals surface area contributed by atoms with Crippen LogP contribution in [0.2, 0.25) is 0 Å². The normalized spacial score (nSPS) is 36.1. The fourth-order valence-corrected chi connectivity index (χ4v) is 12.1. The predicted molar refractivity (Wildman–Crippen MR) is 194 cm³/mol. The highest BCUT2D eigenvalue weighted by atomic mass is 16.6. The molecule has 8 atom stereocenters. The summed E-state index contributed by atoms with van der Waals surface area (Å²) >= 11 is 0. The largest absolute Gasteiger partial charge is 0.493 e. The number of nitrogens with zero attached hydrogens (tertiary/aromatic N) is 2. The molecule has 2 aromatic rings. The molecule has 12 nitrogen and oxygen atoms in total. The third-order valence-corrected chi connectivity index (χ3v) is 14.6. The van der Waals surface area contributed by atoms with E-state index in [2.05, 4.69) is 36.0 Å². The first-order valence-electron chi connectivity index (χ1n) is 19.4. The number of benzene rings is 2. The molecule has 12 heteroatoms. The summed E-state index contributed by atoms with van der Waals surface area (Å²) in [6, 6.07) is 7.80. The second-order valence-electron chi connectivity index (χ2n) is 16.7. The van der Waals surface area contributed by atoms with Crippen LogP contribution in [0.1, 0.15) is 73.6 Å². The standard InChI is InChI=1S/C42H48N2O10/c1-43-19-17-39-33-23-9-11-25(49-3)35(33)53-37(39)27(13-15-41(39,47)29(43)21-23)51-31(45)7-5-6-8-32(46)52-28-14-16-42(48)30-22-24-10-12-26(50-4)36-34(24)40(42,38(28)54-36)18-20-44(30)2/h9-14,29-30,37-38,47-48H,5-8,15-22H2,1-4H3/t29-,30-,37+,38+,39+,40+,41-,42-/m1/s1. The summed E-state index contributed by atoms with van der Waals surface area (Å²) in [5, 5.41) is 24.9. The Morgan fingerprint density at radius 2 is 1.15 bits per heavy atom. The van der Waals surface area contributed by atoms with Crippen LogP contribution in [0.3, 0.4) is 0 Å². The molecular weight excluding hydrogens is 692 g/mol. The van der Waals surface area contributed by atoms with Gasteiger partial charge in [-0.1, -0.05) is 12.1 Å². The zero-order chi connectivity index (χ0) is 37.4. The summed E-state index contributed by atoms with van der Waals surface area (Å²) in [5.74, 6) is 2.52. The van der Waals surface area contributed by atoms with Crippen molar-refractivity contribution < 1.29 is 48.2 Å². The minimum absolute atomic E-state index is 0.0903. The Kier molecular flexibility index (Phi) is 7.46. The van der Waals surface area contributed by atoms with Crippen LogP contribution >= 0.6 is 0 Å². The van der Waals surface area contributed by atoms with Crippen molar-refractivity contribution in [1.29, 1.82) is 0 Å². The number of aliphatic hydroxyl groups is 2. The van der Waals surface area contributed by atoms with Gasteiger partial charge in [0.15, 0.2) is 35.2 Å². The average Bonchev–Trinajstić information content (AvgIpc) is 3.70. The van der Waals surface area contributed by atoms with E-state index in [1.165, 1.54) is 0 Å². The number of hydrogen-bond donors (Lipinski definition) is 2. The van der Waals surface area contributed by atoms with Crippen molar-refractivity contribution in [3.63, 3.8) is 0 Å². The molecule has 4 aliphatic carbocycles. The Labute approximate surface area is 314 Å². The number of carbonyl (C=O) groups is 2. The number of piperidine rings is 2. The molecule has 0 unspecified atom stereocenters. The number of ether oxygens (including phenoxy) is 6. The first-order chi connectivity index (χ1) is 26.0. The Hall–Kier alpha value is -4.10. The van der Waals surface area contributed by atoms with Gasteiger partial charge in [-0.2, -0.15) is 0 Å². The van der Waals surface area contributed by atoms with Crippen LogP contribution in [-0.2, 0) is 42.7 Å². The number of hydrogen-bond acceptors (Lipinski definition) is 12. The Bertz CT molecular complexity index is 1900. The van der Waals surface area contributed by atoms with Crippen molar-refractivity contribution >= 4 is 11.9 Å². The molecule has 286 valence electrons. The molecule has 2 saturated heterocycles. The van der Waals surface area contributed by atoms with Gasteiger partial charge in [0.25, 0.3) is 0 Å². The molecular formula is C42H48N2O10. The van der Waals surface area contributed by atoms with E-state index in [9.17, 15) is 19.8 Å². The molecule has 4 heterocycles. The molecule has 2 fully saturated rings. The molecule has 4 bridgehead atoms. The van der Waals surface area contributed by atoms with Crippen molar-refractivity contribution in [3.05, 3.63) is 70.2 Å². The first kappa shape index (κ1) is 34.4. The number of carbonyl (C=O) groups excluding carboxylic acids is 2. The topological polar surface area (TPSA) is 136 Å². The SMILES string of the molecule is COc1ccc2c3c1O[C@H]1C(OC(=O)CCCCC(=O)OC4=CC[C@@]5(O)[C@H]6Cc7ccc(OC)c8c7[C@@]5(CCN6C)[C@H]4O8)=CC[C@@]4(O)[C@@H](C2)N(C)CC[C@]314. The Morgan fingerprint density at radius 1 is 0.722 bits per heavy atom. The lowest BCUT2D eigenvalue weighted by Gasteiger charge is -2.61. The maximum absolute atomic E-state index is 13.3. The van der Waals surface area contributed by atoms with Crippen LogP contribution < -0.4 is 18.9 Å². The molecule has 0 saturated carbocycles. The van der Waals surface area contributed by atoms with E-state index >= 15 is 0 Å². The lowest BCUT2D eigenvalue weighted by molar-refractivity contribution is -0.169. The first-order valence-corrected chi connectivity index (χ1v) is 19.4. The number of unbranched alkanes of at least 4 members (excludes halogenated alkanes) is 1. The summed E-state index contributed by atoms with van der Waals surface area (Å²) in [6.45, 7) is 1.57. The molecule has 2 N–H and O–H groups in total. The van der Waals surface area contributed by atoms with Crippen molar-refractivity contribution in [2.45, 2.75) is 111 Å². The Balaban J connectivity index is 0.806. The third kappa shape index (κ3) is 4.17. The molecule has 2 aromatic carbocycles. The molecule has 4 aliphatic heterocycles. The van der Waals surface area contributed by atoms with E-state index in [1.807, 2.05) is 24.3 Å². The van der Waals surface area contributed by atoms with E-state index in [0.717, 1.165) is 35.3 Å². The molecule has 54 heavy (non-hydrogen) atoms. The van der Waals surface area contributed by atoms with Gasteiger partial charge in [-0.15, -0.1) is 0 Å². The van der Waals surface area contributed by atoms with Crippen LogP contribution in [0, 0.1) is 0 Å². The third-order valence-electron chi connectivity index (χ3n) is 14.6. The monoisotopic (exact) mass is 740 g/mol. The van der Waals surface area contributed by atoms with E-state index < -0.39 is 46.2 Å². The fourth-order valence-electron chi connectivity index (χ4n) is 12.1. The highest BCUT2D eigenvalue weighted by Crippen LogP contribution is 2.67. The molecule has 0 amide bonds. The minimum Gasteiger partial charge on any atom is -0.493 e. The summed E-state index contributed by atoms with van der Waals surface area (Å²) in [6.07, 6.45) is 6.85. The van der Waals surface area contributed by atoms with Gasteiger partial charge in [0, 0.05) is 48.9 Å². The molecule has 8 aliphatic rings. The maximum Gasteiger partial charge on any atom is 0.310 e. The van der Waals surface area contributed by atoms with Gasteiger partial charge in [0.05, 0.1) is 36.3 Å². The highest BCUT2D eigenvalue weighted by molar-refractivity contribution is 5.73. The van der Waals surface area contributed by atoms with E-state index in [0.29, 0.717) is 85.9 Å². The van der Waals surface area contributed by atoms with Crippen LogP contribution in [0.4, 0.5) is 0 Å². The Morgan fingerprint density at radius 3 is 1.56 bits per heavy atom. The molecule has 0 radical (unpaired) electrons. The van der Waals surface area contributed by atoms with Gasteiger partial charge in [-0.05, 0) is 101 Å². The highest BCUT2D eigenvalue weighted by Gasteiger charge is 2.73. The number of likely N-dealkylation sites (N-methyl/N-ethyl adjacent to an activating group) is 2. The van der Waals surface area contributed by atoms with Gasteiger partial charge in [-0.3, -0.25) is 9.59 Å². The number of rotatable bonds is 9. The second-order valence-corrected chi connectivity index (χ2v) is 16.7. The average molecular weight is 741 g/mol. The van der Waals surface area contributed by atoms with Crippen LogP contribution in [0.25, 0.3) is 0 Å². The van der Waals surface area contributed by atoms with Crippen molar-refractivity contribution in [2.24, 2.45) is 0 Å². The van der Waals surface area contributed by atoms with Crippen molar-refractivity contribution in [3.8, 4) is 23.0 Å². The zero-order valence-electron chi connectivity index (χ0n) is 31.3. The van der Waals surface area contributed by atoms with E-state index in [-0.39, 0.29) is 24.9 Å². The number of likely N-dealkylation sites (tertiary alicyclic amines) is 2. The molecule has 0 aromatic heterocycles. The van der Waals surface area contributed by atoms with Crippen LogP contribution in [-0.4, -0.2) is 109 Å². The minimum atomic E-state index is -1.08. The van der Waals surface area contributed by atoms with Gasteiger partial charge >= 0.3 is 11.9 Å².